The highest BCUT2D eigenvalue weighted by molar-refractivity contribution is 6.36. The van der Waals surface area contributed by atoms with Gasteiger partial charge in [0, 0.05) is 19.4 Å². The van der Waals surface area contributed by atoms with E-state index >= 15 is 0 Å². The number of hydrogen-bond acceptors (Lipinski definition) is 4. The first-order valence-electron chi connectivity index (χ1n) is 4.67. The molecule has 5 heteroatoms. The Morgan fingerprint density at radius 2 is 2.29 bits per heavy atom. The number of hydrogen-bond donors (Lipinski definition) is 0. The highest BCUT2D eigenvalue weighted by Crippen LogP contribution is 2.63. The fourth-order valence-corrected chi connectivity index (χ4v) is 2.36. The Morgan fingerprint density at radius 3 is 2.79 bits per heavy atom. The van der Waals surface area contributed by atoms with Crippen molar-refractivity contribution in [3.05, 3.63) is 0 Å². The fourth-order valence-electron chi connectivity index (χ4n) is 1.98. The van der Waals surface area contributed by atoms with Gasteiger partial charge in [-0.15, -0.1) is 0 Å². The number of epoxide rings is 1. The molecule has 0 radical (unpaired) electrons. The van der Waals surface area contributed by atoms with E-state index in [-0.39, 0.29) is 6.10 Å². The SMILES string of the molecule is CCOC1CC2(C1)OC2(Cl)C(=O)OC. The van der Waals surface area contributed by atoms with Crippen molar-refractivity contribution in [2.24, 2.45) is 0 Å². The molecule has 1 heterocycles. The molecule has 1 aliphatic heterocycles. The molecule has 0 aromatic carbocycles. The smallest absolute Gasteiger partial charge is 0.357 e. The van der Waals surface area contributed by atoms with Gasteiger partial charge in [0.05, 0.1) is 13.2 Å². The molecule has 1 unspecified atom stereocenters. The van der Waals surface area contributed by atoms with E-state index in [0.29, 0.717) is 19.4 Å². The van der Waals surface area contributed by atoms with Crippen LogP contribution in [0.25, 0.3) is 0 Å². The third kappa shape index (κ3) is 1.17. The minimum atomic E-state index is -1.24. The van der Waals surface area contributed by atoms with Crippen molar-refractivity contribution < 1.29 is 19.0 Å². The molecule has 80 valence electrons. The van der Waals surface area contributed by atoms with Crippen molar-refractivity contribution in [2.45, 2.75) is 36.5 Å². The van der Waals surface area contributed by atoms with Crippen molar-refractivity contribution in [1.29, 1.82) is 0 Å². The number of carbonyl (C=O) groups is 1. The standard InChI is InChI=1S/C9H13ClO4/c1-3-13-6-4-8(5-6)9(10,14-8)7(11)12-2/h6H,3-5H2,1-2H3. The zero-order valence-electron chi connectivity index (χ0n) is 8.21. The van der Waals surface area contributed by atoms with Crippen LogP contribution in [-0.2, 0) is 19.0 Å². The lowest BCUT2D eigenvalue weighted by Crippen LogP contribution is -2.45. The second-order valence-corrected chi connectivity index (χ2v) is 4.20. The summed E-state index contributed by atoms with van der Waals surface area (Å²) in [5.41, 5.74) is -0.512. The molecule has 0 amide bonds. The molecule has 2 rings (SSSR count). The van der Waals surface area contributed by atoms with Crippen LogP contribution in [0.5, 0.6) is 0 Å². The summed E-state index contributed by atoms with van der Waals surface area (Å²) in [6.07, 6.45) is 1.53. The maximum atomic E-state index is 11.2. The molecule has 0 bridgehead atoms. The Balaban J connectivity index is 1.90. The number of ether oxygens (including phenoxy) is 3. The number of methoxy groups -OCH3 is 1. The summed E-state index contributed by atoms with van der Waals surface area (Å²) in [5.74, 6) is -0.505. The molecule has 1 saturated heterocycles. The van der Waals surface area contributed by atoms with E-state index in [0.717, 1.165) is 0 Å². The Bertz CT molecular complexity index is 262. The van der Waals surface area contributed by atoms with Crippen molar-refractivity contribution in [3.8, 4) is 0 Å². The van der Waals surface area contributed by atoms with Crippen molar-refractivity contribution in [3.63, 3.8) is 0 Å². The Morgan fingerprint density at radius 1 is 1.64 bits per heavy atom. The first kappa shape index (κ1) is 10.2. The maximum Gasteiger partial charge on any atom is 0.357 e. The van der Waals surface area contributed by atoms with E-state index in [2.05, 4.69) is 4.74 Å². The summed E-state index contributed by atoms with van der Waals surface area (Å²) in [5, 5.41) is -1.24. The van der Waals surface area contributed by atoms with Crippen molar-refractivity contribution >= 4 is 17.6 Å². The van der Waals surface area contributed by atoms with Crippen LogP contribution in [-0.4, -0.2) is 36.5 Å². The van der Waals surface area contributed by atoms with Crippen molar-refractivity contribution in [1.82, 2.24) is 0 Å². The summed E-state index contributed by atoms with van der Waals surface area (Å²) in [7, 11) is 1.31. The summed E-state index contributed by atoms with van der Waals surface area (Å²) in [4.78, 5) is 11.2. The molecule has 2 fully saturated rings. The molecule has 1 spiro atoms. The highest BCUT2D eigenvalue weighted by Gasteiger charge is 2.80. The van der Waals surface area contributed by atoms with Crippen LogP contribution in [0.15, 0.2) is 0 Å². The molecular weight excluding hydrogens is 208 g/mol. The molecule has 0 aromatic rings. The third-order valence-corrected chi connectivity index (χ3v) is 3.42. The van der Waals surface area contributed by atoms with Gasteiger partial charge < -0.3 is 14.2 Å². The first-order chi connectivity index (χ1) is 6.58. The van der Waals surface area contributed by atoms with Gasteiger partial charge in [0.15, 0.2) is 0 Å². The minimum Gasteiger partial charge on any atom is -0.466 e. The van der Waals surface area contributed by atoms with Crippen LogP contribution in [0, 0.1) is 0 Å². The zero-order valence-corrected chi connectivity index (χ0v) is 8.97. The minimum absolute atomic E-state index is 0.172. The van der Waals surface area contributed by atoms with Gasteiger partial charge in [-0.05, 0) is 6.92 Å². The van der Waals surface area contributed by atoms with E-state index in [4.69, 9.17) is 21.1 Å². The fraction of sp³-hybridized carbons (Fsp3) is 0.889. The predicted molar refractivity (Wildman–Crippen MR) is 49.1 cm³/mol. The Labute approximate surface area is 87.5 Å². The lowest BCUT2D eigenvalue weighted by atomic mass is 9.79. The molecular formula is C9H13ClO4. The van der Waals surface area contributed by atoms with Gasteiger partial charge in [-0.1, -0.05) is 11.6 Å². The third-order valence-electron chi connectivity index (χ3n) is 2.85. The van der Waals surface area contributed by atoms with Crippen LogP contribution in [0.2, 0.25) is 0 Å². The van der Waals surface area contributed by atoms with Gasteiger partial charge in [0.1, 0.15) is 5.60 Å². The molecule has 1 atom stereocenters. The van der Waals surface area contributed by atoms with E-state index in [1.54, 1.807) is 0 Å². The van der Waals surface area contributed by atoms with E-state index in [9.17, 15) is 4.79 Å². The lowest BCUT2D eigenvalue weighted by Gasteiger charge is -2.33. The first-order valence-corrected chi connectivity index (χ1v) is 5.05. The molecule has 1 saturated carbocycles. The lowest BCUT2D eigenvalue weighted by molar-refractivity contribution is -0.143. The van der Waals surface area contributed by atoms with Gasteiger partial charge in [-0.2, -0.15) is 0 Å². The van der Waals surface area contributed by atoms with Crippen molar-refractivity contribution in [2.75, 3.05) is 13.7 Å². The average Bonchev–Trinajstić information content (AvgIpc) is 2.72. The number of esters is 1. The van der Waals surface area contributed by atoms with E-state index in [1.807, 2.05) is 6.92 Å². The molecule has 2 aliphatic rings. The Hall–Kier alpha value is -0.320. The Kier molecular flexibility index (Phi) is 2.25. The monoisotopic (exact) mass is 220 g/mol. The van der Waals surface area contributed by atoms with Gasteiger partial charge in [-0.3, -0.25) is 0 Å². The number of halogens is 1. The molecule has 0 N–H and O–H groups in total. The summed E-state index contributed by atoms with van der Waals surface area (Å²) < 4.78 is 15.2. The largest absolute Gasteiger partial charge is 0.466 e. The normalized spacial score (nSPS) is 44.6. The van der Waals surface area contributed by atoms with Crippen LogP contribution < -0.4 is 0 Å². The number of alkyl halides is 1. The van der Waals surface area contributed by atoms with Crippen LogP contribution in [0.4, 0.5) is 0 Å². The number of rotatable bonds is 3. The molecule has 4 nitrogen and oxygen atoms in total. The van der Waals surface area contributed by atoms with Crippen LogP contribution in [0.1, 0.15) is 19.8 Å². The summed E-state index contributed by atoms with van der Waals surface area (Å²) in [6.45, 7) is 2.61. The second kappa shape index (κ2) is 3.08. The summed E-state index contributed by atoms with van der Waals surface area (Å²) in [6, 6.07) is 0. The van der Waals surface area contributed by atoms with Gasteiger partial charge in [0.2, 0.25) is 0 Å². The van der Waals surface area contributed by atoms with Crippen LogP contribution in [0.3, 0.4) is 0 Å². The maximum absolute atomic E-state index is 11.2. The van der Waals surface area contributed by atoms with Crippen LogP contribution >= 0.6 is 11.6 Å². The molecule has 0 aromatic heterocycles. The predicted octanol–water partition coefficient (Wildman–Crippen LogP) is 1.06. The second-order valence-electron chi connectivity index (χ2n) is 3.67. The van der Waals surface area contributed by atoms with E-state index < -0.39 is 16.6 Å². The van der Waals surface area contributed by atoms with Gasteiger partial charge >= 0.3 is 5.97 Å². The van der Waals surface area contributed by atoms with E-state index in [1.165, 1.54) is 7.11 Å². The quantitative estimate of drug-likeness (QED) is 0.406. The van der Waals surface area contributed by atoms with Gasteiger partial charge in [-0.25, -0.2) is 4.79 Å². The average molecular weight is 221 g/mol. The topological polar surface area (TPSA) is 48.1 Å². The number of carbonyl (C=O) groups excluding carboxylic acids is 1. The zero-order chi connectivity index (χ0) is 10.4. The molecule has 14 heavy (non-hydrogen) atoms. The van der Waals surface area contributed by atoms with Gasteiger partial charge in [0.25, 0.3) is 5.06 Å². The highest BCUT2D eigenvalue weighted by atomic mass is 35.5. The molecule has 1 aliphatic carbocycles. The summed E-state index contributed by atoms with van der Waals surface area (Å²) >= 11 is 5.97.